The zero-order valence-electron chi connectivity index (χ0n) is 12.3. The molecular weight excluding hydrogens is 278 g/mol. The Morgan fingerprint density at radius 1 is 1.00 bits per heavy atom. The van der Waals surface area contributed by atoms with Crippen LogP contribution in [-0.4, -0.2) is 4.98 Å². The molecule has 0 aliphatic heterocycles. The molecular formula is C19H18ClN. The lowest BCUT2D eigenvalue weighted by atomic mass is 10.0. The summed E-state index contributed by atoms with van der Waals surface area (Å²) in [5.74, 6) is 0.372. The van der Waals surface area contributed by atoms with Crippen LogP contribution in [0.4, 0.5) is 0 Å². The van der Waals surface area contributed by atoms with Crippen molar-refractivity contribution in [3.05, 3.63) is 76.4 Å². The van der Waals surface area contributed by atoms with Crippen molar-refractivity contribution in [2.24, 2.45) is 0 Å². The summed E-state index contributed by atoms with van der Waals surface area (Å²) < 4.78 is 0. The Kier molecular flexibility index (Phi) is 3.94. The molecule has 0 aliphatic rings. The number of fused-ring (bicyclic) bond motifs is 1. The molecule has 0 amide bonds. The van der Waals surface area contributed by atoms with Crippen LogP contribution in [0.25, 0.3) is 10.9 Å². The van der Waals surface area contributed by atoms with E-state index in [2.05, 4.69) is 50.2 Å². The van der Waals surface area contributed by atoms with E-state index in [0.717, 1.165) is 28.0 Å². The molecule has 2 aromatic carbocycles. The first-order valence-corrected chi connectivity index (χ1v) is 7.65. The number of aromatic nitrogens is 1. The average molecular weight is 296 g/mol. The first kappa shape index (κ1) is 14.1. The highest BCUT2D eigenvalue weighted by Gasteiger charge is 2.10. The first-order valence-electron chi connectivity index (χ1n) is 7.27. The van der Waals surface area contributed by atoms with Gasteiger partial charge in [-0.25, -0.2) is 0 Å². The molecule has 3 aromatic rings. The van der Waals surface area contributed by atoms with Gasteiger partial charge in [0.25, 0.3) is 0 Å². The molecule has 0 atom stereocenters. The highest BCUT2D eigenvalue weighted by atomic mass is 35.5. The van der Waals surface area contributed by atoms with Crippen LogP contribution in [0.15, 0.2) is 54.6 Å². The van der Waals surface area contributed by atoms with Crippen LogP contribution in [0, 0.1) is 0 Å². The van der Waals surface area contributed by atoms with E-state index in [4.69, 9.17) is 16.6 Å². The molecule has 0 unspecified atom stereocenters. The lowest BCUT2D eigenvalue weighted by molar-refractivity contribution is 0.829. The zero-order valence-corrected chi connectivity index (χ0v) is 13.1. The van der Waals surface area contributed by atoms with Gasteiger partial charge in [-0.1, -0.05) is 74.0 Å². The van der Waals surface area contributed by atoms with Gasteiger partial charge in [-0.15, -0.1) is 0 Å². The second-order valence-corrected chi connectivity index (χ2v) is 6.07. The maximum atomic E-state index is 6.44. The number of hydrogen-bond acceptors (Lipinski definition) is 1. The molecule has 0 fully saturated rings. The number of halogens is 1. The lowest BCUT2D eigenvalue weighted by Crippen LogP contribution is -1.97. The molecule has 3 rings (SSSR count). The minimum absolute atomic E-state index is 0.372. The fourth-order valence-corrected chi connectivity index (χ4v) is 2.80. The average Bonchev–Trinajstić information content (AvgIpc) is 2.49. The van der Waals surface area contributed by atoms with Crippen LogP contribution >= 0.6 is 11.6 Å². The molecule has 1 heterocycles. The normalized spacial score (nSPS) is 11.2. The maximum absolute atomic E-state index is 6.44. The minimum atomic E-state index is 0.372. The fraction of sp³-hybridized carbons (Fsp3) is 0.211. The van der Waals surface area contributed by atoms with Crippen molar-refractivity contribution < 1.29 is 0 Å². The molecule has 2 heteroatoms. The number of para-hydroxylation sites is 1. The van der Waals surface area contributed by atoms with Crippen molar-refractivity contribution in [1.82, 2.24) is 4.98 Å². The molecule has 106 valence electrons. The quantitative estimate of drug-likeness (QED) is 0.612. The first-order chi connectivity index (χ1) is 10.1. The van der Waals surface area contributed by atoms with Crippen molar-refractivity contribution >= 4 is 22.5 Å². The number of hydrogen-bond donors (Lipinski definition) is 0. The molecule has 0 radical (unpaired) electrons. The SMILES string of the molecule is CC(C)c1cc(Cl)c2cccc(Cc3ccccc3)c2n1. The van der Waals surface area contributed by atoms with E-state index in [0.29, 0.717) is 5.92 Å². The van der Waals surface area contributed by atoms with E-state index in [1.165, 1.54) is 11.1 Å². The maximum Gasteiger partial charge on any atom is 0.0755 e. The van der Waals surface area contributed by atoms with Gasteiger partial charge in [0.2, 0.25) is 0 Å². The number of pyridine rings is 1. The van der Waals surface area contributed by atoms with Gasteiger partial charge >= 0.3 is 0 Å². The predicted octanol–water partition coefficient (Wildman–Crippen LogP) is 5.60. The highest BCUT2D eigenvalue weighted by molar-refractivity contribution is 6.35. The second kappa shape index (κ2) is 5.87. The Hall–Kier alpha value is -1.86. The number of nitrogens with zero attached hydrogens (tertiary/aromatic N) is 1. The van der Waals surface area contributed by atoms with Crippen molar-refractivity contribution in [3.8, 4) is 0 Å². The Labute approximate surface area is 130 Å². The summed E-state index contributed by atoms with van der Waals surface area (Å²) in [4.78, 5) is 4.85. The molecule has 1 aromatic heterocycles. The van der Waals surface area contributed by atoms with Crippen LogP contribution in [0.5, 0.6) is 0 Å². The summed E-state index contributed by atoms with van der Waals surface area (Å²) in [5, 5.41) is 1.83. The van der Waals surface area contributed by atoms with Crippen molar-refractivity contribution in [2.75, 3.05) is 0 Å². The van der Waals surface area contributed by atoms with Crippen molar-refractivity contribution in [2.45, 2.75) is 26.2 Å². The van der Waals surface area contributed by atoms with Crippen LogP contribution in [-0.2, 0) is 6.42 Å². The van der Waals surface area contributed by atoms with E-state index in [1.54, 1.807) is 0 Å². The van der Waals surface area contributed by atoms with Gasteiger partial charge < -0.3 is 0 Å². The standard InChI is InChI=1S/C19H18ClN/c1-13(2)18-12-17(20)16-10-6-9-15(19(16)21-18)11-14-7-4-3-5-8-14/h3-10,12-13H,11H2,1-2H3. The van der Waals surface area contributed by atoms with E-state index in [9.17, 15) is 0 Å². The number of benzene rings is 2. The molecule has 21 heavy (non-hydrogen) atoms. The third-order valence-electron chi connectivity index (χ3n) is 3.72. The zero-order chi connectivity index (χ0) is 14.8. The van der Waals surface area contributed by atoms with Crippen molar-refractivity contribution in [3.63, 3.8) is 0 Å². The molecule has 0 saturated heterocycles. The van der Waals surface area contributed by atoms with Crippen LogP contribution in [0.2, 0.25) is 5.02 Å². The minimum Gasteiger partial charge on any atom is -0.252 e. The van der Waals surface area contributed by atoms with E-state index in [-0.39, 0.29) is 0 Å². The Morgan fingerprint density at radius 2 is 1.76 bits per heavy atom. The molecule has 1 nitrogen and oxygen atoms in total. The molecule has 0 aliphatic carbocycles. The summed E-state index contributed by atoms with van der Waals surface area (Å²) in [6.07, 6.45) is 0.878. The van der Waals surface area contributed by atoms with Crippen LogP contribution in [0.3, 0.4) is 0 Å². The van der Waals surface area contributed by atoms with E-state index < -0.39 is 0 Å². The highest BCUT2D eigenvalue weighted by Crippen LogP contribution is 2.29. The Morgan fingerprint density at radius 3 is 2.48 bits per heavy atom. The second-order valence-electron chi connectivity index (χ2n) is 5.66. The predicted molar refractivity (Wildman–Crippen MR) is 90.1 cm³/mol. The van der Waals surface area contributed by atoms with Gasteiger partial charge in [-0.2, -0.15) is 0 Å². The number of rotatable bonds is 3. The van der Waals surface area contributed by atoms with E-state index >= 15 is 0 Å². The molecule has 0 spiro atoms. The van der Waals surface area contributed by atoms with Gasteiger partial charge in [0.15, 0.2) is 0 Å². The third kappa shape index (κ3) is 2.93. The lowest BCUT2D eigenvalue weighted by Gasteiger charge is -2.11. The van der Waals surface area contributed by atoms with Crippen LogP contribution in [0.1, 0.15) is 36.6 Å². The van der Waals surface area contributed by atoms with Gasteiger partial charge in [0.05, 0.1) is 10.5 Å². The van der Waals surface area contributed by atoms with Crippen LogP contribution < -0.4 is 0 Å². The van der Waals surface area contributed by atoms with Gasteiger partial charge in [0.1, 0.15) is 0 Å². The Balaban J connectivity index is 2.14. The Bertz CT molecular complexity index is 763. The fourth-order valence-electron chi connectivity index (χ4n) is 2.54. The summed E-state index contributed by atoms with van der Waals surface area (Å²) in [7, 11) is 0. The molecule has 0 bridgehead atoms. The molecule has 0 N–H and O–H groups in total. The smallest absolute Gasteiger partial charge is 0.0755 e. The van der Waals surface area contributed by atoms with E-state index in [1.807, 2.05) is 18.2 Å². The van der Waals surface area contributed by atoms with Gasteiger partial charge in [-0.3, -0.25) is 4.98 Å². The largest absolute Gasteiger partial charge is 0.252 e. The summed E-state index contributed by atoms with van der Waals surface area (Å²) >= 11 is 6.44. The summed E-state index contributed by atoms with van der Waals surface area (Å²) in [5.41, 5.74) is 4.59. The van der Waals surface area contributed by atoms with Crippen molar-refractivity contribution in [1.29, 1.82) is 0 Å². The summed E-state index contributed by atoms with van der Waals surface area (Å²) in [6.45, 7) is 4.29. The summed E-state index contributed by atoms with van der Waals surface area (Å²) in [6, 6.07) is 18.7. The molecule has 0 saturated carbocycles. The topological polar surface area (TPSA) is 12.9 Å². The van der Waals surface area contributed by atoms with Gasteiger partial charge in [-0.05, 0) is 29.5 Å². The van der Waals surface area contributed by atoms with Gasteiger partial charge in [0, 0.05) is 11.1 Å². The monoisotopic (exact) mass is 295 g/mol. The third-order valence-corrected chi connectivity index (χ3v) is 4.03.